The average Bonchev–Trinajstić information content (AvgIpc) is 2.66. The third kappa shape index (κ3) is 4.37. The van der Waals surface area contributed by atoms with Crippen LogP contribution < -0.4 is 5.63 Å². The minimum atomic E-state index is -0.546. The van der Waals surface area contributed by atoms with Crippen LogP contribution in [-0.4, -0.2) is 11.1 Å². The first kappa shape index (κ1) is 18.7. The van der Waals surface area contributed by atoms with E-state index in [9.17, 15) is 14.7 Å². The summed E-state index contributed by atoms with van der Waals surface area (Å²) in [7, 11) is 0. The van der Waals surface area contributed by atoms with Gasteiger partial charge in [-0.25, -0.2) is 4.79 Å². The van der Waals surface area contributed by atoms with E-state index in [-0.39, 0.29) is 36.2 Å². The predicted molar refractivity (Wildman–Crippen MR) is 103 cm³/mol. The van der Waals surface area contributed by atoms with Crippen molar-refractivity contribution in [3.05, 3.63) is 75.6 Å². The number of fused-ring (bicyclic) bond motifs is 1. The van der Waals surface area contributed by atoms with Gasteiger partial charge in [-0.3, -0.25) is 4.79 Å². The Bertz CT molecular complexity index is 1000. The van der Waals surface area contributed by atoms with E-state index in [4.69, 9.17) is 9.15 Å². The molecule has 0 saturated heterocycles. The maximum absolute atomic E-state index is 12.2. The Morgan fingerprint density at radius 2 is 1.89 bits per heavy atom. The molecular weight excluding hydrogens is 344 g/mol. The molecule has 140 valence electrons. The monoisotopic (exact) mass is 366 g/mol. The Morgan fingerprint density at radius 1 is 1.15 bits per heavy atom. The zero-order valence-electron chi connectivity index (χ0n) is 15.4. The van der Waals surface area contributed by atoms with E-state index in [1.807, 2.05) is 44.2 Å². The maximum atomic E-state index is 12.2. The molecule has 5 nitrogen and oxygen atoms in total. The van der Waals surface area contributed by atoms with Crippen molar-refractivity contribution >= 4 is 16.9 Å². The number of phenols is 1. The zero-order chi connectivity index (χ0) is 19.4. The molecule has 0 saturated carbocycles. The summed E-state index contributed by atoms with van der Waals surface area (Å²) in [4.78, 5) is 24.0. The highest BCUT2D eigenvalue weighted by Gasteiger charge is 2.15. The average molecular weight is 366 g/mol. The largest absolute Gasteiger partial charge is 0.508 e. The number of hydrogen-bond acceptors (Lipinski definition) is 5. The van der Waals surface area contributed by atoms with Crippen LogP contribution in [0.15, 0.2) is 57.7 Å². The molecule has 0 amide bonds. The Kier molecular flexibility index (Phi) is 5.60. The number of hydrogen-bond donors (Lipinski definition) is 1. The van der Waals surface area contributed by atoms with Gasteiger partial charge in [0.05, 0.1) is 6.42 Å². The fraction of sp³-hybridized carbons (Fsp3) is 0.273. The first-order valence-corrected chi connectivity index (χ1v) is 8.97. The topological polar surface area (TPSA) is 76.7 Å². The normalized spacial score (nSPS) is 12.1. The van der Waals surface area contributed by atoms with E-state index in [0.717, 1.165) is 11.1 Å². The van der Waals surface area contributed by atoms with Crippen molar-refractivity contribution in [2.45, 2.75) is 39.2 Å². The molecule has 0 fully saturated rings. The van der Waals surface area contributed by atoms with Gasteiger partial charge < -0.3 is 14.3 Å². The molecule has 0 aliphatic carbocycles. The molecule has 1 aromatic heterocycles. The molecular formula is C22H22O5. The van der Waals surface area contributed by atoms with Crippen LogP contribution in [0.3, 0.4) is 0 Å². The summed E-state index contributed by atoms with van der Waals surface area (Å²) in [6.07, 6.45) is 0.888. The summed E-state index contributed by atoms with van der Waals surface area (Å²) in [6.45, 7) is 3.88. The summed E-state index contributed by atoms with van der Waals surface area (Å²) in [5.74, 6) is -0.207. The molecule has 2 aromatic carbocycles. The molecule has 5 heteroatoms. The number of rotatable bonds is 6. The lowest BCUT2D eigenvalue weighted by Crippen LogP contribution is -2.10. The third-order valence-electron chi connectivity index (χ3n) is 4.64. The van der Waals surface area contributed by atoms with Gasteiger partial charge in [-0.15, -0.1) is 0 Å². The van der Waals surface area contributed by atoms with E-state index in [1.165, 1.54) is 12.1 Å². The van der Waals surface area contributed by atoms with Crippen LogP contribution in [-0.2, 0) is 22.6 Å². The molecule has 3 rings (SSSR count). The second-order valence-electron chi connectivity index (χ2n) is 6.60. The van der Waals surface area contributed by atoms with Gasteiger partial charge in [-0.05, 0) is 29.5 Å². The fourth-order valence-electron chi connectivity index (χ4n) is 3.08. The van der Waals surface area contributed by atoms with Gasteiger partial charge in [0.1, 0.15) is 17.9 Å². The highest BCUT2D eigenvalue weighted by Crippen LogP contribution is 2.27. The lowest BCUT2D eigenvalue weighted by atomic mass is 9.98. The molecule has 0 unspecified atom stereocenters. The molecule has 1 N–H and O–H groups in total. The lowest BCUT2D eigenvalue weighted by Gasteiger charge is -2.12. The maximum Gasteiger partial charge on any atom is 0.336 e. The van der Waals surface area contributed by atoms with Crippen LogP contribution in [0.1, 0.15) is 42.9 Å². The SMILES string of the molecule is CCc1cc2c(COC(=O)C[C@@H](C)c3ccccc3)cc(=O)oc2cc1O. The van der Waals surface area contributed by atoms with E-state index in [1.54, 1.807) is 6.07 Å². The van der Waals surface area contributed by atoms with Crippen LogP contribution in [0.4, 0.5) is 0 Å². The standard InChI is InChI=1S/C22H22O5/c1-3-15-10-18-17(11-22(25)27-20(18)12-19(15)23)13-26-21(24)9-14(2)16-7-5-4-6-8-16/h4-8,10-12,14,23H,3,9,13H2,1-2H3/t14-/m1/s1. The smallest absolute Gasteiger partial charge is 0.336 e. The number of aromatic hydroxyl groups is 1. The molecule has 0 aliphatic rings. The number of carbonyl (C=O) groups is 1. The summed E-state index contributed by atoms with van der Waals surface area (Å²) in [6, 6.07) is 14.3. The van der Waals surface area contributed by atoms with Crippen molar-refractivity contribution in [2.24, 2.45) is 0 Å². The van der Waals surface area contributed by atoms with Gasteiger partial charge in [0.15, 0.2) is 0 Å². The second-order valence-corrected chi connectivity index (χ2v) is 6.60. The summed E-state index contributed by atoms with van der Waals surface area (Å²) in [5, 5.41) is 10.6. The van der Waals surface area contributed by atoms with Gasteiger partial charge in [-0.2, -0.15) is 0 Å². The van der Waals surface area contributed by atoms with Crippen LogP contribution >= 0.6 is 0 Å². The van der Waals surface area contributed by atoms with Gasteiger partial charge in [-0.1, -0.05) is 44.2 Å². The fourth-order valence-corrected chi connectivity index (χ4v) is 3.08. The van der Waals surface area contributed by atoms with E-state index >= 15 is 0 Å². The molecule has 0 aliphatic heterocycles. The Balaban J connectivity index is 1.76. The molecule has 0 bridgehead atoms. The summed E-state index contributed by atoms with van der Waals surface area (Å²) >= 11 is 0. The number of aryl methyl sites for hydroxylation is 1. The summed E-state index contributed by atoms with van der Waals surface area (Å²) in [5.41, 5.74) is 2.11. The number of benzene rings is 2. The quantitative estimate of drug-likeness (QED) is 0.520. The number of esters is 1. The molecule has 27 heavy (non-hydrogen) atoms. The van der Waals surface area contributed by atoms with E-state index in [0.29, 0.717) is 17.4 Å². The molecule has 1 atom stereocenters. The van der Waals surface area contributed by atoms with Crippen molar-refractivity contribution in [3.63, 3.8) is 0 Å². The number of carbonyl (C=O) groups excluding carboxylic acids is 1. The first-order chi connectivity index (χ1) is 13.0. The van der Waals surface area contributed by atoms with Gasteiger partial charge in [0, 0.05) is 23.1 Å². The van der Waals surface area contributed by atoms with E-state index in [2.05, 4.69) is 0 Å². The van der Waals surface area contributed by atoms with Crippen LogP contribution in [0, 0.1) is 0 Å². The molecule has 0 radical (unpaired) electrons. The highest BCUT2D eigenvalue weighted by molar-refractivity contribution is 5.83. The molecule has 1 heterocycles. The predicted octanol–water partition coefficient (Wildman–Crippen LogP) is 4.30. The van der Waals surface area contributed by atoms with Crippen LogP contribution in [0.2, 0.25) is 0 Å². The molecule has 0 spiro atoms. The van der Waals surface area contributed by atoms with Crippen molar-refractivity contribution in [2.75, 3.05) is 0 Å². The van der Waals surface area contributed by atoms with Gasteiger partial charge in [0.25, 0.3) is 0 Å². The van der Waals surface area contributed by atoms with Crippen molar-refractivity contribution in [1.29, 1.82) is 0 Å². The number of phenolic OH excluding ortho intramolecular Hbond substituents is 1. The third-order valence-corrected chi connectivity index (χ3v) is 4.64. The van der Waals surface area contributed by atoms with Crippen molar-refractivity contribution in [1.82, 2.24) is 0 Å². The number of ether oxygens (including phenoxy) is 1. The van der Waals surface area contributed by atoms with Crippen LogP contribution in [0.25, 0.3) is 11.0 Å². The second kappa shape index (κ2) is 8.08. The molecule has 3 aromatic rings. The summed E-state index contributed by atoms with van der Waals surface area (Å²) < 4.78 is 10.6. The van der Waals surface area contributed by atoms with Crippen molar-refractivity contribution in [3.8, 4) is 5.75 Å². The van der Waals surface area contributed by atoms with Crippen LogP contribution in [0.5, 0.6) is 5.75 Å². The van der Waals surface area contributed by atoms with Gasteiger partial charge in [0.2, 0.25) is 0 Å². The Hall–Kier alpha value is -3.08. The Labute approximate surface area is 157 Å². The highest BCUT2D eigenvalue weighted by atomic mass is 16.5. The Morgan fingerprint density at radius 3 is 2.59 bits per heavy atom. The zero-order valence-corrected chi connectivity index (χ0v) is 15.4. The lowest BCUT2D eigenvalue weighted by molar-refractivity contribution is -0.145. The minimum Gasteiger partial charge on any atom is -0.508 e. The van der Waals surface area contributed by atoms with Crippen molar-refractivity contribution < 1.29 is 19.1 Å². The minimum absolute atomic E-state index is 0.0175. The van der Waals surface area contributed by atoms with Gasteiger partial charge >= 0.3 is 11.6 Å². The van der Waals surface area contributed by atoms with E-state index < -0.39 is 5.63 Å². The first-order valence-electron chi connectivity index (χ1n) is 8.97.